The largest absolute Gasteiger partial charge is 0.476 e. The van der Waals surface area contributed by atoms with Crippen molar-refractivity contribution in [2.24, 2.45) is 0 Å². The lowest BCUT2D eigenvalue weighted by atomic mass is 10.6. The molecule has 0 aliphatic rings. The van der Waals surface area contributed by atoms with Crippen LogP contribution >= 0.6 is 34.4 Å². The smallest absolute Gasteiger partial charge is 0.371 e. The van der Waals surface area contributed by atoms with Crippen LogP contribution in [-0.2, 0) is 0 Å². The summed E-state index contributed by atoms with van der Waals surface area (Å²) < 4.78 is 1.08. The van der Waals surface area contributed by atoms with Crippen LogP contribution in [0.25, 0.3) is 0 Å². The molecule has 1 aromatic heterocycles. The second-order valence-electron chi connectivity index (χ2n) is 1.46. The molecule has 0 saturated carbocycles. The summed E-state index contributed by atoms with van der Waals surface area (Å²) >= 11 is 4.38. The first-order valence-corrected chi connectivity index (χ1v) is 5.35. The zero-order chi connectivity index (χ0) is 7.56. The van der Waals surface area contributed by atoms with E-state index < -0.39 is 5.97 Å². The van der Waals surface area contributed by atoms with Crippen molar-refractivity contribution in [2.45, 2.75) is 3.52 Å². The Labute approximate surface area is 70.5 Å². The van der Waals surface area contributed by atoms with Gasteiger partial charge in [-0.2, -0.15) is 0 Å². The topological polar surface area (TPSA) is 37.3 Å². The zero-order valence-electron chi connectivity index (χ0n) is 5.16. The highest BCUT2D eigenvalue weighted by Gasteiger charge is 2.18. The summed E-state index contributed by atoms with van der Waals surface area (Å²) in [7, 11) is 0. The molecule has 10 heavy (non-hydrogen) atoms. The molecule has 54 valence electrons. The second kappa shape index (κ2) is 3.32. The van der Waals surface area contributed by atoms with Gasteiger partial charge in [0.1, 0.15) is 16.7 Å². The van der Waals surface area contributed by atoms with Crippen LogP contribution in [0.2, 0.25) is 0 Å². The van der Waals surface area contributed by atoms with Gasteiger partial charge in [0.15, 0.2) is 0 Å². The van der Waals surface area contributed by atoms with E-state index in [1.54, 1.807) is 17.1 Å². The monoisotopic (exact) mass is 193 g/mol. The number of rotatable bonds is 2. The van der Waals surface area contributed by atoms with Crippen LogP contribution in [0.4, 0.5) is 0 Å². The summed E-state index contributed by atoms with van der Waals surface area (Å²) in [6.45, 7) is 0. The van der Waals surface area contributed by atoms with Gasteiger partial charge >= 0.3 is 9.49 Å². The SMILES string of the molecule is CSc1sc(C(=O)O)c[s+]1. The highest BCUT2D eigenvalue weighted by molar-refractivity contribution is 8.02. The Hall–Kier alpha value is -0.130. The first-order valence-electron chi connectivity index (χ1n) is 2.43. The van der Waals surface area contributed by atoms with E-state index in [4.69, 9.17) is 5.11 Å². The highest BCUT2D eigenvalue weighted by atomic mass is 32.2. The summed E-state index contributed by atoms with van der Waals surface area (Å²) in [6.07, 6.45) is 1.94. The Morgan fingerprint density at radius 3 is 2.90 bits per heavy atom. The average Bonchev–Trinajstić information content (AvgIpc) is 2.34. The van der Waals surface area contributed by atoms with Crippen molar-refractivity contribution in [3.8, 4) is 0 Å². The van der Waals surface area contributed by atoms with Crippen LogP contribution in [0.3, 0.4) is 0 Å². The van der Waals surface area contributed by atoms with Crippen molar-refractivity contribution < 1.29 is 9.90 Å². The maximum atomic E-state index is 10.3. The molecule has 0 bridgehead atoms. The fourth-order valence-corrected chi connectivity index (χ4v) is 3.07. The summed E-state index contributed by atoms with van der Waals surface area (Å²) in [5.41, 5.74) is 0. The number of carboxylic acid groups (broad SMARTS) is 1. The van der Waals surface area contributed by atoms with E-state index in [0.717, 1.165) is 3.52 Å². The third-order valence-corrected chi connectivity index (χ3v) is 4.62. The molecule has 1 aromatic rings. The van der Waals surface area contributed by atoms with Gasteiger partial charge in [-0.15, -0.1) is 0 Å². The second-order valence-corrected chi connectivity index (χ2v) is 4.98. The molecule has 0 spiro atoms. The number of thioether (sulfide) groups is 1. The average molecular weight is 193 g/mol. The molecule has 1 N–H and O–H groups in total. The first-order chi connectivity index (χ1) is 4.74. The molecule has 0 saturated heterocycles. The predicted molar refractivity (Wildman–Crippen MR) is 45.3 cm³/mol. The quantitative estimate of drug-likeness (QED) is 0.579. The molecule has 5 heteroatoms. The van der Waals surface area contributed by atoms with Crippen LogP contribution in [-0.4, -0.2) is 17.3 Å². The molecule has 0 amide bonds. The number of carbonyl (C=O) groups is 1. The van der Waals surface area contributed by atoms with Crippen LogP contribution in [0.1, 0.15) is 9.67 Å². The van der Waals surface area contributed by atoms with Crippen LogP contribution in [0.5, 0.6) is 0 Å². The van der Waals surface area contributed by atoms with Gasteiger partial charge in [0.2, 0.25) is 4.88 Å². The first kappa shape index (κ1) is 7.97. The third-order valence-electron chi connectivity index (χ3n) is 0.833. The summed E-state index contributed by atoms with van der Waals surface area (Å²) in [4.78, 5) is 10.8. The normalized spacial score (nSPS) is 9.70. The minimum Gasteiger partial charge on any atom is -0.476 e. The summed E-state index contributed by atoms with van der Waals surface area (Å²) in [5.74, 6) is -0.832. The van der Waals surface area contributed by atoms with E-state index in [9.17, 15) is 4.79 Å². The van der Waals surface area contributed by atoms with Crippen LogP contribution in [0, 0.1) is 0 Å². The molecule has 0 aliphatic heterocycles. The minimum absolute atomic E-state index is 0.425. The Kier molecular flexibility index (Phi) is 2.64. The molecule has 0 unspecified atom stereocenters. The molecule has 1 rings (SSSR count). The molecular formula is C5H5O2S3+. The van der Waals surface area contributed by atoms with Gasteiger partial charge in [-0.25, -0.2) is 4.79 Å². The summed E-state index contributed by atoms with van der Waals surface area (Å²) in [6, 6.07) is 0. The number of hydrogen-bond acceptors (Lipinski definition) is 3. The lowest BCUT2D eigenvalue weighted by Crippen LogP contribution is -1.89. The van der Waals surface area contributed by atoms with Crippen LogP contribution < -0.4 is 0 Å². The molecule has 0 atom stereocenters. The fourth-order valence-electron chi connectivity index (χ4n) is 0.423. The van der Waals surface area contributed by atoms with E-state index in [1.165, 1.54) is 22.7 Å². The van der Waals surface area contributed by atoms with Crippen molar-refractivity contribution in [3.63, 3.8) is 0 Å². The van der Waals surface area contributed by atoms with Gasteiger partial charge in [-0.1, -0.05) is 11.8 Å². The van der Waals surface area contributed by atoms with Gasteiger partial charge < -0.3 is 5.11 Å². The molecule has 0 radical (unpaired) electrons. The molecular weight excluding hydrogens is 188 g/mol. The standard InChI is InChI=1S/C5H4O2S3/c1-8-5-9-2-3(10-5)4(6)7/h2H,1H3/p+1. The molecule has 2 nitrogen and oxygen atoms in total. The van der Waals surface area contributed by atoms with E-state index >= 15 is 0 Å². The van der Waals surface area contributed by atoms with Crippen molar-refractivity contribution in [1.82, 2.24) is 0 Å². The Morgan fingerprint density at radius 2 is 2.60 bits per heavy atom. The molecule has 1 heterocycles. The van der Waals surface area contributed by atoms with E-state index in [2.05, 4.69) is 0 Å². The highest BCUT2D eigenvalue weighted by Crippen LogP contribution is 2.30. The van der Waals surface area contributed by atoms with Gasteiger partial charge in [0.25, 0.3) is 0 Å². The van der Waals surface area contributed by atoms with Crippen molar-refractivity contribution in [1.29, 1.82) is 0 Å². The van der Waals surface area contributed by atoms with Gasteiger partial charge in [0.05, 0.1) is 11.3 Å². The maximum Gasteiger partial charge on any atom is 0.371 e. The van der Waals surface area contributed by atoms with Crippen molar-refractivity contribution in [3.05, 3.63) is 10.3 Å². The van der Waals surface area contributed by atoms with Crippen molar-refractivity contribution in [2.75, 3.05) is 6.26 Å². The zero-order valence-corrected chi connectivity index (χ0v) is 7.61. The van der Waals surface area contributed by atoms with Crippen molar-refractivity contribution >= 4 is 40.4 Å². The fraction of sp³-hybridized carbons (Fsp3) is 0.200. The van der Waals surface area contributed by atoms with Gasteiger partial charge in [0, 0.05) is 0 Å². The number of hydrogen-bond donors (Lipinski definition) is 1. The molecule has 0 aliphatic carbocycles. The van der Waals surface area contributed by atoms with Gasteiger partial charge in [-0.05, 0) is 6.26 Å². The van der Waals surface area contributed by atoms with E-state index in [0.29, 0.717) is 4.88 Å². The van der Waals surface area contributed by atoms with E-state index in [-0.39, 0.29) is 0 Å². The lowest BCUT2D eigenvalue weighted by Gasteiger charge is -1.72. The van der Waals surface area contributed by atoms with Crippen LogP contribution in [0.15, 0.2) is 8.90 Å². The lowest BCUT2D eigenvalue weighted by molar-refractivity contribution is 0.0702. The Balaban J connectivity index is 2.88. The Bertz CT molecular complexity index is 243. The Morgan fingerprint density at radius 1 is 1.90 bits per heavy atom. The number of carboxylic acids is 1. The molecule has 0 aromatic carbocycles. The predicted octanol–water partition coefficient (Wildman–Crippen LogP) is 2.51. The summed E-state index contributed by atoms with van der Waals surface area (Å²) in [5, 5.41) is 10.2. The minimum atomic E-state index is -0.832. The molecule has 0 fully saturated rings. The number of aromatic carboxylic acids is 1. The third kappa shape index (κ3) is 1.68. The van der Waals surface area contributed by atoms with E-state index in [1.807, 2.05) is 6.26 Å². The van der Waals surface area contributed by atoms with Gasteiger partial charge in [-0.3, -0.25) is 0 Å². The maximum absolute atomic E-state index is 10.3.